The van der Waals surface area contributed by atoms with Gasteiger partial charge in [0, 0.05) is 0 Å². The predicted molar refractivity (Wildman–Crippen MR) is 157 cm³/mol. The first-order valence-electron chi connectivity index (χ1n) is 11.3. The zero-order chi connectivity index (χ0) is 23.0. The molecule has 5 heteroatoms. The first-order chi connectivity index (χ1) is 16.1. The molecule has 0 saturated carbocycles. The Kier molecular flexibility index (Phi) is 7.78. The topological polar surface area (TPSA) is 12.9 Å². The molecule has 0 aliphatic rings. The van der Waals surface area contributed by atoms with E-state index in [1.807, 2.05) is 7.05 Å². The van der Waals surface area contributed by atoms with Crippen LogP contribution < -0.4 is 15.6 Å². The summed E-state index contributed by atoms with van der Waals surface area (Å²) in [5.41, 5.74) is 3.43. The molecule has 0 unspecified atom stereocenters. The van der Waals surface area contributed by atoms with E-state index in [-0.39, 0.29) is 0 Å². The molecule has 33 heavy (non-hydrogen) atoms. The molecule has 1 nitrogen and oxygen atoms in total. The Morgan fingerprint density at radius 3 is 1.48 bits per heavy atom. The molecule has 160 valence electrons. The molecule has 4 rings (SSSR count). The van der Waals surface area contributed by atoms with Gasteiger partial charge in [0.15, 0.2) is 0 Å². The van der Waals surface area contributed by atoms with Crippen molar-refractivity contribution in [3.63, 3.8) is 0 Å². The second-order valence-corrected chi connectivity index (χ2v) is 14.5. The Morgan fingerprint density at radius 1 is 0.576 bits per heavy atom. The van der Waals surface area contributed by atoms with Crippen LogP contribution in [0.25, 0.3) is 15.6 Å². The monoisotopic (exact) mass is 473 g/mol. The first kappa shape index (κ1) is 23.0. The van der Waals surface area contributed by atoms with Crippen LogP contribution in [0.15, 0.2) is 117 Å². The first-order valence-corrected chi connectivity index (χ1v) is 15.5. The van der Waals surface area contributed by atoms with Gasteiger partial charge in [-0.1, -0.05) is 0 Å². The van der Waals surface area contributed by atoms with E-state index in [0.29, 0.717) is 0 Å². The summed E-state index contributed by atoms with van der Waals surface area (Å²) in [5.74, 6) is 2.14. The van der Waals surface area contributed by atoms with E-state index in [0.717, 1.165) is 10.9 Å². The van der Waals surface area contributed by atoms with Crippen LogP contribution in [0.5, 0.6) is 0 Å². The standard InChI is InChI=1S/C28H28BNSi3/c1-20(31-23-13-7-4-8-14-23)26-19-29-30-28(22(3)33-25-17-11-6-12-18-25)27(26)21(2)32-24-15-9-5-10-16-24/h4-19H,1-3,31-33H2. The minimum atomic E-state index is -0.719. The molecule has 0 fully saturated rings. The van der Waals surface area contributed by atoms with Crippen molar-refractivity contribution in [3.8, 4) is 0 Å². The van der Waals surface area contributed by atoms with Crippen LogP contribution in [0.4, 0.5) is 0 Å². The van der Waals surface area contributed by atoms with Gasteiger partial charge in [-0.2, -0.15) is 0 Å². The van der Waals surface area contributed by atoms with Crippen molar-refractivity contribution in [2.24, 2.45) is 0 Å². The van der Waals surface area contributed by atoms with Gasteiger partial charge in [-0.25, -0.2) is 0 Å². The van der Waals surface area contributed by atoms with Gasteiger partial charge in [0.1, 0.15) is 0 Å². The molecular formula is C28H28BNSi3. The van der Waals surface area contributed by atoms with Gasteiger partial charge in [0.2, 0.25) is 0 Å². The SMILES string of the molecule is C=C([SiH2]c1ccccc1)c1cbnc(C(=C)[SiH2]c2ccccc2)c1C(=C)[SiH2]c1ccccc1. The van der Waals surface area contributed by atoms with Crippen molar-refractivity contribution in [1.82, 2.24) is 4.89 Å². The fraction of sp³-hybridized carbons (Fsp3) is 0. The summed E-state index contributed by atoms with van der Waals surface area (Å²) in [7, 11) is -0.168. The summed E-state index contributed by atoms with van der Waals surface area (Å²) in [6.07, 6.45) is 0. The molecule has 0 amide bonds. The Balaban J connectivity index is 1.72. The molecule has 0 aliphatic heterocycles. The van der Waals surface area contributed by atoms with E-state index in [1.54, 1.807) is 0 Å². The molecule has 1 aromatic heterocycles. The predicted octanol–water partition coefficient (Wildman–Crippen LogP) is 1.81. The van der Waals surface area contributed by atoms with E-state index in [9.17, 15) is 0 Å². The zero-order valence-corrected chi connectivity index (χ0v) is 23.2. The summed E-state index contributed by atoms with van der Waals surface area (Å²) >= 11 is 0. The van der Waals surface area contributed by atoms with E-state index < -0.39 is 28.6 Å². The maximum absolute atomic E-state index is 4.86. The van der Waals surface area contributed by atoms with E-state index >= 15 is 0 Å². The summed E-state index contributed by atoms with van der Waals surface area (Å²) in [6.45, 7) is 13.6. The van der Waals surface area contributed by atoms with Crippen molar-refractivity contribution in [2.45, 2.75) is 0 Å². The second kappa shape index (κ2) is 11.1. The van der Waals surface area contributed by atoms with Crippen molar-refractivity contribution >= 4 is 66.8 Å². The van der Waals surface area contributed by atoms with Gasteiger partial charge in [0.25, 0.3) is 0 Å². The minimum absolute atomic E-state index is 0.673. The van der Waals surface area contributed by atoms with Crippen molar-refractivity contribution < 1.29 is 0 Å². The summed E-state index contributed by atoms with van der Waals surface area (Å²) < 4.78 is 0. The van der Waals surface area contributed by atoms with E-state index in [2.05, 4.69) is 117 Å². The van der Waals surface area contributed by atoms with Crippen molar-refractivity contribution in [2.75, 3.05) is 0 Å². The molecule has 1 heterocycles. The van der Waals surface area contributed by atoms with Crippen LogP contribution in [0, 0.1) is 0 Å². The van der Waals surface area contributed by atoms with Crippen molar-refractivity contribution in [3.05, 3.63) is 134 Å². The summed E-state index contributed by atoms with van der Waals surface area (Å²) in [4.78, 5) is 4.86. The zero-order valence-electron chi connectivity index (χ0n) is 19.0. The summed E-state index contributed by atoms with van der Waals surface area (Å²) in [5, 5.41) is 7.78. The van der Waals surface area contributed by atoms with Crippen molar-refractivity contribution in [1.29, 1.82) is 0 Å². The number of hydrogen-bond donors (Lipinski definition) is 0. The molecule has 3 aromatic carbocycles. The summed E-state index contributed by atoms with van der Waals surface area (Å²) in [6, 6.07) is 32.2. The fourth-order valence-electron chi connectivity index (χ4n) is 4.18. The number of hydrogen-bond acceptors (Lipinski definition) is 1. The third-order valence-corrected chi connectivity index (χ3v) is 10.8. The normalized spacial score (nSPS) is 11.5. The Bertz CT molecular complexity index is 1200. The van der Waals surface area contributed by atoms with Crippen LogP contribution >= 0.6 is 0 Å². The van der Waals surface area contributed by atoms with Gasteiger partial charge in [-0.05, 0) is 0 Å². The van der Waals surface area contributed by atoms with Gasteiger partial charge >= 0.3 is 205 Å². The molecule has 4 aromatic rings. The molecule has 0 N–H and O–H groups in total. The van der Waals surface area contributed by atoms with Gasteiger partial charge in [-0.15, -0.1) is 0 Å². The third-order valence-electron chi connectivity index (χ3n) is 5.80. The second-order valence-electron chi connectivity index (χ2n) is 8.38. The third kappa shape index (κ3) is 6.02. The quantitative estimate of drug-likeness (QED) is 0.338. The molecular weight excluding hydrogens is 445 g/mol. The van der Waals surface area contributed by atoms with Crippen LogP contribution in [-0.4, -0.2) is 40.5 Å². The molecule has 0 aliphatic carbocycles. The van der Waals surface area contributed by atoms with E-state index in [1.165, 1.54) is 37.1 Å². The molecule has 0 saturated heterocycles. The average Bonchev–Trinajstić information content (AvgIpc) is 2.85. The van der Waals surface area contributed by atoms with Crippen LogP contribution in [0.1, 0.15) is 16.8 Å². The van der Waals surface area contributed by atoms with Crippen LogP contribution in [0.3, 0.4) is 0 Å². The Labute approximate surface area is 204 Å². The Hall–Kier alpha value is -3.12. The molecule has 0 spiro atoms. The van der Waals surface area contributed by atoms with Crippen LogP contribution in [-0.2, 0) is 0 Å². The molecule has 0 bridgehead atoms. The molecule has 0 radical (unpaired) electrons. The Morgan fingerprint density at radius 2 is 1.00 bits per heavy atom. The van der Waals surface area contributed by atoms with Gasteiger partial charge in [0.05, 0.1) is 0 Å². The molecule has 0 atom stereocenters. The van der Waals surface area contributed by atoms with Gasteiger partial charge < -0.3 is 0 Å². The van der Waals surface area contributed by atoms with E-state index in [4.69, 9.17) is 4.89 Å². The number of aromatic nitrogens is 1. The number of nitrogens with zero attached hydrogens (tertiary/aromatic N) is 1. The number of rotatable bonds is 9. The maximum atomic E-state index is 4.86. The fourth-order valence-corrected chi connectivity index (χ4v) is 8.63. The number of benzene rings is 3. The average molecular weight is 474 g/mol. The van der Waals surface area contributed by atoms with Crippen LogP contribution in [0.2, 0.25) is 0 Å². The van der Waals surface area contributed by atoms with Gasteiger partial charge in [-0.3, -0.25) is 0 Å².